The zero-order valence-corrected chi connectivity index (χ0v) is 33.1. The smallest absolute Gasteiger partial charge is 0.0657 e. The third-order valence-electron chi connectivity index (χ3n) is 9.45. The van der Waals surface area contributed by atoms with E-state index in [9.17, 15) is 0 Å². The van der Waals surface area contributed by atoms with E-state index in [-0.39, 0.29) is 10.8 Å². The zero-order chi connectivity index (χ0) is 35.3. The molecule has 0 spiro atoms. The average Bonchev–Trinajstić information content (AvgIpc) is 3.00. The lowest BCUT2D eigenvalue weighted by Gasteiger charge is -2.33. The summed E-state index contributed by atoms with van der Waals surface area (Å²) in [6.07, 6.45) is 0. The van der Waals surface area contributed by atoms with Crippen molar-refractivity contribution in [2.45, 2.75) is 93.9 Å². The van der Waals surface area contributed by atoms with Gasteiger partial charge in [0.15, 0.2) is 0 Å². The Labute approximate surface area is 302 Å². The molecule has 0 aromatic heterocycles. The van der Waals surface area contributed by atoms with Crippen molar-refractivity contribution >= 4 is 61.7 Å². The van der Waals surface area contributed by atoms with Crippen LogP contribution in [-0.2, 0) is 10.8 Å². The first-order chi connectivity index (χ1) is 22.4. The minimum atomic E-state index is -0.00145. The SMILES string of the molecule is Cc1cc(N(c2cccc(C(C)(C)C)c2)c2cc(C)c(C)c(C)c2)c(Br)c(N(c2cccc(C(C)(C)C)c2)c2cc(C)c(Cl)c(C)c2)c1. The Kier molecular flexibility index (Phi) is 9.99. The van der Waals surface area contributed by atoms with Crippen LogP contribution >= 0.6 is 27.5 Å². The highest BCUT2D eigenvalue weighted by atomic mass is 79.9. The number of hydrogen-bond donors (Lipinski definition) is 0. The third-order valence-corrected chi connectivity index (χ3v) is 10.9. The summed E-state index contributed by atoms with van der Waals surface area (Å²) in [5, 5.41) is 0.807. The van der Waals surface area contributed by atoms with E-state index in [0.29, 0.717) is 0 Å². The van der Waals surface area contributed by atoms with Gasteiger partial charge in [-0.1, -0.05) is 77.4 Å². The molecule has 0 aliphatic carbocycles. The van der Waals surface area contributed by atoms with Crippen molar-refractivity contribution in [1.82, 2.24) is 0 Å². The Bertz CT molecular complexity index is 1810. The van der Waals surface area contributed by atoms with Gasteiger partial charge in [0.05, 0.1) is 15.8 Å². The molecule has 2 nitrogen and oxygen atoms in total. The van der Waals surface area contributed by atoms with Crippen LogP contribution in [0.4, 0.5) is 34.1 Å². The number of rotatable bonds is 6. The predicted molar refractivity (Wildman–Crippen MR) is 214 cm³/mol. The molecule has 0 N–H and O–H groups in total. The topological polar surface area (TPSA) is 6.48 Å². The summed E-state index contributed by atoms with van der Waals surface area (Å²) in [5.41, 5.74) is 16.3. The summed E-state index contributed by atoms with van der Waals surface area (Å²) in [4.78, 5) is 4.79. The number of anilines is 6. The van der Waals surface area contributed by atoms with Gasteiger partial charge in [0.2, 0.25) is 0 Å². The first-order valence-corrected chi connectivity index (χ1v) is 18.0. The molecule has 0 amide bonds. The molecule has 0 fully saturated rings. The van der Waals surface area contributed by atoms with Crippen molar-refractivity contribution in [2.75, 3.05) is 9.80 Å². The standard InChI is InChI=1S/C44H50BrClN2/c1-27-19-39(47(37-21-28(2)32(6)29(3)22-37)35-17-13-15-33(25-35)43(7,8)9)41(45)40(20-27)48(38-23-30(4)42(46)31(5)24-38)36-18-14-16-34(26-36)44(10,11)12/h13-26H,1-12H3. The van der Waals surface area contributed by atoms with Crippen LogP contribution in [0.15, 0.2) is 89.4 Å². The summed E-state index contributed by atoms with van der Waals surface area (Å²) >= 11 is 11.0. The monoisotopic (exact) mass is 720 g/mol. The van der Waals surface area contributed by atoms with Crippen molar-refractivity contribution in [3.8, 4) is 0 Å². The molecule has 0 saturated heterocycles. The van der Waals surface area contributed by atoms with Gasteiger partial charge in [-0.05, 0) is 173 Å². The average molecular weight is 722 g/mol. The summed E-state index contributed by atoms with van der Waals surface area (Å²) in [7, 11) is 0. The zero-order valence-electron chi connectivity index (χ0n) is 30.7. The molecule has 0 aliphatic heterocycles. The quantitative estimate of drug-likeness (QED) is 0.172. The van der Waals surface area contributed by atoms with Crippen LogP contribution < -0.4 is 9.80 Å². The highest BCUT2D eigenvalue weighted by Crippen LogP contribution is 2.49. The molecule has 250 valence electrons. The van der Waals surface area contributed by atoms with Crippen LogP contribution in [0.2, 0.25) is 5.02 Å². The lowest BCUT2D eigenvalue weighted by atomic mass is 9.86. The van der Waals surface area contributed by atoms with Gasteiger partial charge in [-0.2, -0.15) is 0 Å². The first-order valence-electron chi connectivity index (χ1n) is 16.8. The fourth-order valence-electron chi connectivity index (χ4n) is 6.33. The number of halogens is 2. The van der Waals surface area contributed by atoms with Gasteiger partial charge < -0.3 is 9.80 Å². The summed E-state index contributed by atoms with van der Waals surface area (Å²) < 4.78 is 1.01. The van der Waals surface area contributed by atoms with E-state index in [2.05, 4.69) is 194 Å². The lowest BCUT2D eigenvalue weighted by molar-refractivity contribution is 0.590. The molecule has 0 bridgehead atoms. The van der Waals surface area contributed by atoms with Crippen LogP contribution in [0, 0.1) is 41.5 Å². The molecule has 4 heteroatoms. The summed E-state index contributed by atoms with van der Waals surface area (Å²) in [6, 6.07) is 31.5. The molecule has 0 aliphatic rings. The van der Waals surface area contributed by atoms with Gasteiger partial charge in [0, 0.05) is 27.8 Å². The fourth-order valence-corrected chi connectivity index (χ4v) is 7.02. The Morgan fingerprint density at radius 2 is 0.875 bits per heavy atom. The maximum Gasteiger partial charge on any atom is 0.0657 e. The Balaban J connectivity index is 1.85. The van der Waals surface area contributed by atoms with E-state index in [1.54, 1.807) is 0 Å². The fraction of sp³-hybridized carbons (Fsp3) is 0.318. The van der Waals surface area contributed by atoms with E-state index < -0.39 is 0 Å². The lowest BCUT2D eigenvalue weighted by Crippen LogP contribution is -2.18. The Morgan fingerprint density at radius 1 is 0.500 bits per heavy atom. The normalized spacial score (nSPS) is 12.0. The molecule has 0 unspecified atom stereocenters. The van der Waals surface area contributed by atoms with Gasteiger partial charge >= 0.3 is 0 Å². The number of benzene rings is 5. The van der Waals surface area contributed by atoms with Crippen molar-refractivity contribution in [1.29, 1.82) is 0 Å². The molecular formula is C44H50BrClN2. The van der Waals surface area contributed by atoms with E-state index in [4.69, 9.17) is 11.6 Å². The highest BCUT2D eigenvalue weighted by molar-refractivity contribution is 9.10. The minimum Gasteiger partial charge on any atom is -0.309 e. The molecule has 48 heavy (non-hydrogen) atoms. The van der Waals surface area contributed by atoms with Gasteiger partial charge in [-0.3, -0.25) is 0 Å². The molecule has 0 radical (unpaired) electrons. The van der Waals surface area contributed by atoms with E-state index in [0.717, 1.165) is 54.7 Å². The maximum atomic E-state index is 6.74. The van der Waals surface area contributed by atoms with Gasteiger partial charge in [0.1, 0.15) is 0 Å². The molecule has 0 heterocycles. The van der Waals surface area contributed by atoms with E-state index in [1.165, 1.54) is 33.4 Å². The third kappa shape index (κ3) is 7.24. The molecule has 5 aromatic rings. The van der Waals surface area contributed by atoms with Crippen LogP contribution in [-0.4, -0.2) is 0 Å². The largest absolute Gasteiger partial charge is 0.309 e. The van der Waals surface area contributed by atoms with Crippen molar-refractivity contribution in [2.24, 2.45) is 0 Å². The van der Waals surface area contributed by atoms with Crippen molar-refractivity contribution < 1.29 is 0 Å². The summed E-state index contributed by atoms with van der Waals surface area (Å²) in [6.45, 7) is 26.6. The number of hydrogen-bond acceptors (Lipinski definition) is 2. The Morgan fingerprint density at radius 3 is 1.25 bits per heavy atom. The minimum absolute atomic E-state index is 0.00145. The number of nitrogens with zero attached hydrogens (tertiary/aromatic N) is 2. The highest BCUT2D eigenvalue weighted by Gasteiger charge is 2.26. The molecule has 0 atom stereocenters. The van der Waals surface area contributed by atoms with Crippen LogP contribution in [0.1, 0.15) is 86.1 Å². The molecular weight excluding hydrogens is 672 g/mol. The van der Waals surface area contributed by atoms with E-state index in [1.807, 2.05) is 0 Å². The van der Waals surface area contributed by atoms with Crippen LogP contribution in [0.25, 0.3) is 0 Å². The second kappa shape index (κ2) is 13.4. The summed E-state index contributed by atoms with van der Waals surface area (Å²) in [5.74, 6) is 0. The van der Waals surface area contributed by atoms with Crippen LogP contribution in [0.5, 0.6) is 0 Å². The van der Waals surface area contributed by atoms with Gasteiger partial charge in [-0.25, -0.2) is 0 Å². The van der Waals surface area contributed by atoms with Gasteiger partial charge in [-0.15, -0.1) is 0 Å². The molecule has 5 aromatic carbocycles. The maximum absolute atomic E-state index is 6.74. The van der Waals surface area contributed by atoms with E-state index >= 15 is 0 Å². The Hall–Kier alpha value is -3.53. The second-order valence-corrected chi connectivity index (χ2v) is 16.7. The van der Waals surface area contributed by atoms with Gasteiger partial charge in [0.25, 0.3) is 0 Å². The first kappa shape index (κ1) is 35.8. The molecule has 0 saturated carbocycles. The number of aryl methyl sites for hydroxylation is 5. The predicted octanol–water partition coefficient (Wildman–Crippen LogP) is 14.5. The molecule has 5 rings (SSSR count). The van der Waals surface area contributed by atoms with Crippen LogP contribution in [0.3, 0.4) is 0 Å². The van der Waals surface area contributed by atoms with Crippen molar-refractivity contribution in [3.63, 3.8) is 0 Å². The van der Waals surface area contributed by atoms with Crippen molar-refractivity contribution in [3.05, 3.63) is 139 Å². The second-order valence-electron chi connectivity index (χ2n) is 15.5.